The minimum absolute atomic E-state index is 0.0255. The van der Waals surface area contributed by atoms with Crippen molar-refractivity contribution in [2.24, 2.45) is 5.92 Å². The van der Waals surface area contributed by atoms with Crippen LogP contribution in [0.4, 0.5) is 4.79 Å². The summed E-state index contributed by atoms with van der Waals surface area (Å²) >= 11 is 0. The summed E-state index contributed by atoms with van der Waals surface area (Å²) in [6.07, 6.45) is 1.95. The van der Waals surface area contributed by atoms with E-state index >= 15 is 0 Å². The molecule has 8 heteroatoms. The second-order valence-corrected chi connectivity index (χ2v) is 8.94. The number of alkyl carbamates (subject to hydrolysis) is 1. The van der Waals surface area contributed by atoms with Gasteiger partial charge < -0.3 is 25.6 Å². The zero-order valence-electron chi connectivity index (χ0n) is 18.9. The van der Waals surface area contributed by atoms with Gasteiger partial charge in [0.05, 0.1) is 0 Å². The van der Waals surface area contributed by atoms with Gasteiger partial charge in [0.25, 0.3) is 0 Å². The summed E-state index contributed by atoms with van der Waals surface area (Å²) in [6, 6.07) is 14.9. The fourth-order valence-corrected chi connectivity index (χ4v) is 5.04. The molecule has 1 saturated carbocycles. The number of carboxylic acid groups (broad SMARTS) is 1. The molecule has 0 radical (unpaired) electrons. The van der Waals surface area contributed by atoms with Gasteiger partial charge in [0.1, 0.15) is 12.6 Å². The number of hydrogen-bond acceptors (Lipinski definition) is 5. The Morgan fingerprint density at radius 3 is 2.26 bits per heavy atom. The molecule has 180 valence electrons. The number of aliphatic carboxylic acids is 1. The van der Waals surface area contributed by atoms with E-state index in [0.717, 1.165) is 35.1 Å². The van der Waals surface area contributed by atoms with E-state index in [-0.39, 0.29) is 37.5 Å². The first kappa shape index (κ1) is 23.8. The Morgan fingerprint density at radius 1 is 1.00 bits per heavy atom. The molecule has 0 aliphatic heterocycles. The predicted molar refractivity (Wildman–Crippen MR) is 125 cm³/mol. The molecule has 4 N–H and O–H groups in total. The Hall–Kier alpha value is -3.39. The quantitative estimate of drug-likeness (QED) is 0.474. The maximum absolute atomic E-state index is 12.6. The fraction of sp³-hybridized carbons (Fsp3) is 0.423. The van der Waals surface area contributed by atoms with Crippen molar-refractivity contribution in [1.82, 2.24) is 10.6 Å². The number of benzene rings is 2. The molecule has 8 nitrogen and oxygen atoms in total. The largest absolute Gasteiger partial charge is 0.480 e. The van der Waals surface area contributed by atoms with Crippen LogP contribution in [0.5, 0.6) is 0 Å². The number of nitrogens with one attached hydrogen (secondary N) is 2. The third-order valence-corrected chi connectivity index (χ3v) is 6.74. The van der Waals surface area contributed by atoms with Crippen LogP contribution in [0.25, 0.3) is 11.1 Å². The number of amides is 2. The average molecular weight is 467 g/mol. The van der Waals surface area contributed by atoms with Crippen LogP contribution in [0.3, 0.4) is 0 Å². The Kier molecular flexibility index (Phi) is 7.47. The molecule has 0 unspecified atom stereocenters. The molecule has 2 amide bonds. The number of rotatable bonds is 8. The van der Waals surface area contributed by atoms with E-state index in [0.29, 0.717) is 12.8 Å². The molecule has 0 aromatic heterocycles. The zero-order chi connectivity index (χ0) is 24.1. The molecule has 3 atom stereocenters. The van der Waals surface area contributed by atoms with Crippen molar-refractivity contribution in [2.45, 2.75) is 50.1 Å². The van der Waals surface area contributed by atoms with Crippen molar-refractivity contribution in [1.29, 1.82) is 0 Å². The third kappa shape index (κ3) is 5.22. The standard InChI is InChI=1S/C26H30N2O6/c29-13-12-23(25(31)32)28-24(30)16-6-5-7-17(14-16)27-26(33)34-15-22-20-10-3-1-8-18(20)19-9-2-4-11-21(19)22/h1-4,8-11,16-17,22-23,29H,5-7,12-15H2,(H,27,33)(H,28,30)(H,31,32)/t16-,17-,23-/m1/s1. The summed E-state index contributed by atoms with van der Waals surface area (Å²) in [5.41, 5.74) is 4.60. The molecule has 34 heavy (non-hydrogen) atoms. The van der Waals surface area contributed by atoms with Crippen molar-refractivity contribution < 1.29 is 29.3 Å². The summed E-state index contributed by atoms with van der Waals surface area (Å²) in [4.78, 5) is 36.4. The normalized spacial score (nSPS) is 20.0. The Labute approximate surface area is 198 Å². The Bertz CT molecular complexity index is 1010. The second-order valence-electron chi connectivity index (χ2n) is 8.94. The monoisotopic (exact) mass is 466 g/mol. The van der Waals surface area contributed by atoms with Gasteiger partial charge in [-0.1, -0.05) is 55.0 Å². The van der Waals surface area contributed by atoms with Gasteiger partial charge in [0, 0.05) is 30.9 Å². The van der Waals surface area contributed by atoms with E-state index in [1.807, 2.05) is 24.3 Å². The molecule has 0 bridgehead atoms. The minimum Gasteiger partial charge on any atom is -0.480 e. The first-order chi connectivity index (χ1) is 16.5. The number of aliphatic hydroxyl groups is 1. The van der Waals surface area contributed by atoms with Crippen LogP contribution in [0.2, 0.25) is 0 Å². The van der Waals surface area contributed by atoms with Crippen LogP contribution in [0.1, 0.15) is 49.1 Å². The predicted octanol–water partition coefficient (Wildman–Crippen LogP) is 3.04. The highest BCUT2D eigenvalue weighted by Crippen LogP contribution is 2.44. The molecule has 4 rings (SSSR count). The Balaban J connectivity index is 1.31. The van der Waals surface area contributed by atoms with Gasteiger partial charge in [-0.15, -0.1) is 0 Å². The van der Waals surface area contributed by atoms with Crippen LogP contribution in [0.15, 0.2) is 48.5 Å². The number of hydrogen-bond donors (Lipinski definition) is 4. The molecule has 2 aromatic carbocycles. The fourth-order valence-electron chi connectivity index (χ4n) is 5.04. The van der Waals surface area contributed by atoms with Crippen molar-refractivity contribution in [3.63, 3.8) is 0 Å². The first-order valence-electron chi connectivity index (χ1n) is 11.7. The van der Waals surface area contributed by atoms with Gasteiger partial charge in [0.2, 0.25) is 5.91 Å². The topological polar surface area (TPSA) is 125 Å². The van der Waals surface area contributed by atoms with E-state index in [1.54, 1.807) is 0 Å². The van der Waals surface area contributed by atoms with Gasteiger partial charge in [0.15, 0.2) is 0 Å². The van der Waals surface area contributed by atoms with E-state index in [9.17, 15) is 19.5 Å². The number of aliphatic hydroxyl groups excluding tert-OH is 1. The van der Waals surface area contributed by atoms with E-state index in [4.69, 9.17) is 9.84 Å². The van der Waals surface area contributed by atoms with Crippen molar-refractivity contribution in [3.8, 4) is 11.1 Å². The highest BCUT2D eigenvalue weighted by atomic mass is 16.5. The van der Waals surface area contributed by atoms with Crippen molar-refractivity contribution >= 4 is 18.0 Å². The molecule has 1 fully saturated rings. The molecule has 2 aliphatic rings. The summed E-state index contributed by atoms with van der Waals surface area (Å²) in [5, 5.41) is 23.6. The highest BCUT2D eigenvalue weighted by Gasteiger charge is 2.32. The SMILES string of the molecule is O=C(N[C@@H]1CCC[C@@H](C(=O)N[C@H](CCO)C(=O)O)C1)OCC1c2ccccc2-c2ccccc21. The third-order valence-electron chi connectivity index (χ3n) is 6.74. The van der Waals surface area contributed by atoms with Gasteiger partial charge >= 0.3 is 12.1 Å². The molecule has 0 saturated heterocycles. The number of ether oxygens (including phenoxy) is 1. The number of fused-ring (bicyclic) bond motifs is 3. The molecular formula is C26H30N2O6. The maximum Gasteiger partial charge on any atom is 0.407 e. The van der Waals surface area contributed by atoms with Crippen LogP contribution in [-0.4, -0.2) is 53.5 Å². The summed E-state index contributed by atoms with van der Waals surface area (Å²) in [5.74, 6) is -1.96. The van der Waals surface area contributed by atoms with Gasteiger partial charge in [-0.25, -0.2) is 9.59 Å². The van der Waals surface area contributed by atoms with E-state index in [1.165, 1.54) is 0 Å². The summed E-state index contributed by atoms with van der Waals surface area (Å²) in [6.45, 7) is -0.105. The van der Waals surface area contributed by atoms with Gasteiger partial charge in [-0.3, -0.25) is 4.79 Å². The number of carbonyl (C=O) groups excluding carboxylic acids is 2. The van der Waals surface area contributed by atoms with Crippen molar-refractivity contribution in [2.75, 3.05) is 13.2 Å². The maximum atomic E-state index is 12.6. The summed E-state index contributed by atoms with van der Waals surface area (Å²) in [7, 11) is 0. The number of carboxylic acids is 1. The van der Waals surface area contributed by atoms with Crippen LogP contribution < -0.4 is 10.6 Å². The number of carbonyl (C=O) groups is 3. The lowest BCUT2D eigenvalue weighted by atomic mass is 9.85. The lowest BCUT2D eigenvalue weighted by Crippen LogP contribution is -2.47. The van der Waals surface area contributed by atoms with Crippen molar-refractivity contribution in [3.05, 3.63) is 59.7 Å². The first-order valence-corrected chi connectivity index (χ1v) is 11.7. The van der Waals surface area contributed by atoms with Crippen LogP contribution >= 0.6 is 0 Å². The molecular weight excluding hydrogens is 436 g/mol. The molecule has 0 heterocycles. The molecule has 2 aromatic rings. The molecule has 2 aliphatic carbocycles. The van der Waals surface area contributed by atoms with Gasteiger partial charge in [-0.2, -0.15) is 0 Å². The van der Waals surface area contributed by atoms with E-state index in [2.05, 4.69) is 34.9 Å². The lowest BCUT2D eigenvalue weighted by molar-refractivity contribution is -0.143. The summed E-state index contributed by atoms with van der Waals surface area (Å²) < 4.78 is 5.61. The highest BCUT2D eigenvalue weighted by molar-refractivity contribution is 5.85. The minimum atomic E-state index is -1.17. The Morgan fingerprint density at radius 2 is 1.65 bits per heavy atom. The smallest absolute Gasteiger partial charge is 0.407 e. The lowest BCUT2D eigenvalue weighted by Gasteiger charge is -2.29. The van der Waals surface area contributed by atoms with Crippen LogP contribution in [-0.2, 0) is 14.3 Å². The van der Waals surface area contributed by atoms with Gasteiger partial charge in [-0.05, 0) is 41.5 Å². The van der Waals surface area contributed by atoms with E-state index < -0.39 is 24.0 Å². The molecule has 0 spiro atoms. The zero-order valence-corrected chi connectivity index (χ0v) is 18.9. The average Bonchev–Trinajstić information content (AvgIpc) is 3.16. The van der Waals surface area contributed by atoms with Crippen LogP contribution in [0, 0.1) is 5.92 Å². The second kappa shape index (κ2) is 10.7.